The molecule has 4 rings (SSSR count). The van der Waals surface area contributed by atoms with Crippen LogP contribution in [0.3, 0.4) is 0 Å². The maximum Gasteiger partial charge on any atom is 0.276 e. The minimum Gasteiger partial charge on any atom is -0.321 e. The van der Waals surface area contributed by atoms with E-state index in [1.807, 2.05) is 35.0 Å². The van der Waals surface area contributed by atoms with Crippen molar-refractivity contribution in [1.29, 1.82) is 0 Å². The van der Waals surface area contributed by atoms with Crippen LogP contribution in [0.15, 0.2) is 30.3 Å². The van der Waals surface area contributed by atoms with Gasteiger partial charge in [0.25, 0.3) is 5.91 Å². The summed E-state index contributed by atoms with van der Waals surface area (Å²) in [4.78, 5) is 12.7. The van der Waals surface area contributed by atoms with Gasteiger partial charge in [0.15, 0.2) is 15.5 Å². The Morgan fingerprint density at radius 3 is 2.64 bits per heavy atom. The van der Waals surface area contributed by atoms with E-state index in [1.165, 1.54) is 0 Å². The SMILES string of the molecule is O=C(Nc1ccccc1)c1nn([C@@H]2CCS(=O)(=O)C2)c2c1CCCC2. The molecule has 1 fully saturated rings. The average molecular weight is 359 g/mol. The summed E-state index contributed by atoms with van der Waals surface area (Å²) in [5.74, 6) is 0.113. The van der Waals surface area contributed by atoms with E-state index in [1.54, 1.807) is 0 Å². The summed E-state index contributed by atoms with van der Waals surface area (Å²) in [7, 11) is -2.99. The first-order valence-electron chi connectivity index (χ1n) is 8.70. The Labute approximate surface area is 147 Å². The van der Waals surface area contributed by atoms with Crippen LogP contribution in [0.25, 0.3) is 0 Å². The number of para-hydroxylation sites is 1. The molecule has 0 unspecified atom stereocenters. The summed E-state index contributed by atoms with van der Waals surface area (Å²) in [5.41, 5.74) is 3.22. The molecule has 0 saturated carbocycles. The molecule has 0 radical (unpaired) electrons. The van der Waals surface area contributed by atoms with E-state index in [0.717, 1.165) is 42.6 Å². The van der Waals surface area contributed by atoms with Crippen LogP contribution in [-0.2, 0) is 22.7 Å². The lowest BCUT2D eigenvalue weighted by Crippen LogP contribution is -2.17. The fourth-order valence-corrected chi connectivity index (χ4v) is 5.48. The van der Waals surface area contributed by atoms with Gasteiger partial charge in [0.1, 0.15) is 0 Å². The Morgan fingerprint density at radius 2 is 1.92 bits per heavy atom. The number of benzene rings is 1. The maximum absolute atomic E-state index is 12.7. The number of sulfone groups is 1. The molecule has 25 heavy (non-hydrogen) atoms. The van der Waals surface area contributed by atoms with E-state index < -0.39 is 9.84 Å². The van der Waals surface area contributed by atoms with Crippen LogP contribution in [0.2, 0.25) is 0 Å². The van der Waals surface area contributed by atoms with Gasteiger partial charge in [-0.15, -0.1) is 0 Å². The van der Waals surface area contributed by atoms with Crippen molar-refractivity contribution >= 4 is 21.4 Å². The number of rotatable bonds is 3. The van der Waals surface area contributed by atoms with Gasteiger partial charge in [-0.3, -0.25) is 9.48 Å². The number of anilines is 1. The summed E-state index contributed by atoms with van der Waals surface area (Å²) in [5, 5.41) is 7.47. The van der Waals surface area contributed by atoms with Crippen LogP contribution >= 0.6 is 0 Å². The largest absolute Gasteiger partial charge is 0.321 e. The second-order valence-corrected chi connectivity index (χ2v) is 9.03. The number of nitrogens with one attached hydrogen (secondary N) is 1. The molecule has 1 aromatic heterocycles. The van der Waals surface area contributed by atoms with Gasteiger partial charge in [-0.2, -0.15) is 5.10 Å². The Hall–Kier alpha value is -2.15. The lowest BCUT2D eigenvalue weighted by molar-refractivity contribution is 0.102. The normalized spacial score (nSPS) is 21.7. The van der Waals surface area contributed by atoms with Crippen molar-refractivity contribution in [2.24, 2.45) is 0 Å². The predicted molar refractivity (Wildman–Crippen MR) is 95.6 cm³/mol. The van der Waals surface area contributed by atoms with Crippen LogP contribution in [-0.4, -0.2) is 35.6 Å². The van der Waals surface area contributed by atoms with E-state index in [4.69, 9.17) is 0 Å². The lowest BCUT2D eigenvalue weighted by atomic mass is 9.95. The van der Waals surface area contributed by atoms with Gasteiger partial charge in [0, 0.05) is 16.9 Å². The minimum absolute atomic E-state index is 0.126. The van der Waals surface area contributed by atoms with Crippen molar-refractivity contribution in [3.05, 3.63) is 47.3 Å². The Morgan fingerprint density at radius 1 is 1.16 bits per heavy atom. The topological polar surface area (TPSA) is 81.1 Å². The molecule has 1 aliphatic carbocycles. The molecule has 0 spiro atoms. The van der Waals surface area contributed by atoms with Gasteiger partial charge < -0.3 is 5.32 Å². The highest BCUT2D eigenvalue weighted by atomic mass is 32.2. The molecule has 2 heterocycles. The average Bonchev–Trinajstić information content (AvgIpc) is 3.16. The molecule has 1 N–H and O–H groups in total. The molecule has 6 nitrogen and oxygen atoms in total. The second-order valence-electron chi connectivity index (χ2n) is 6.80. The number of carbonyl (C=O) groups is 1. The van der Waals surface area contributed by atoms with Crippen LogP contribution < -0.4 is 5.32 Å². The molecule has 2 aliphatic rings. The Bertz CT molecular complexity index is 903. The zero-order valence-electron chi connectivity index (χ0n) is 13.9. The Balaban J connectivity index is 1.67. The quantitative estimate of drug-likeness (QED) is 0.912. The highest BCUT2D eigenvalue weighted by Gasteiger charge is 2.34. The first-order valence-corrected chi connectivity index (χ1v) is 10.5. The van der Waals surface area contributed by atoms with Gasteiger partial charge >= 0.3 is 0 Å². The highest BCUT2D eigenvalue weighted by Crippen LogP contribution is 2.31. The smallest absolute Gasteiger partial charge is 0.276 e. The fourth-order valence-electron chi connectivity index (χ4n) is 3.79. The van der Waals surface area contributed by atoms with Crippen molar-refractivity contribution in [3.8, 4) is 0 Å². The van der Waals surface area contributed by atoms with Gasteiger partial charge in [0.05, 0.1) is 17.5 Å². The first kappa shape index (κ1) is 16.3. The third kappa shape index (κ3) is 3.20. The molecular weight excluding hydrogens is 338 g/mol. The van der Waals surface area contributed by atoms with E-state index in [-0.39, 0.29) is 23.5 Å². The second kappa shape index (κ2) is 6.29. The van der Waals surface area contributed by atoms with Gasteiger partial charge in [-0.1, -0.05) is 18.2 Å². The molecule has 1 amide bonds. The molecule has 0 bridgehead atoms. The van der Waals surface area contributed by atoms with Crippen LogP contribution in [0.5, 0.6) is 0 Å². The number of nitrogens with zero attached hydrogens (tertiary/aromatic N) is 2. The van der Waals surface area contributed by atoms with Gasteiger partial charge in [-0.05, 0) is 44.2 Å². The molecule has 1 aliphatic heterocycles. The molecular formula is C18H21N3O3S. The zero-order valence-corrected chi connectivity index (χ0v) is 14.8. The molecule has 1 atom stereocenters. The molecule has 132 valence electrons. The van der Waals surface area contributed by atoms with Crippen LogP contribution in [0.1, 0.15) is 47.1 Å². The summed E-state index contributed by atoms with van der Waals surface area (Å²) in [6.07, 6.45) is 4.35. The van der Waals surface area contributed by atoms with Gasteiger partial charge in [-0.25, -0.2) is 8.42 Å². The summed E-state index contributed by atoms with van der Waals surface area (Å²) in [6.45, 7) is 0. The number of aromatic nitrogens is 2. The molecule has 1 aromatic carbocycles. The lowest BCUT2D eigenvalue weighted by Gasteiger charge is -2.17. The highest BCUT2D eigenvalue weighted by molar-refractivity contribution is 7.91. The molecule has 2 aromatic rings. The zero-order chi connectivity index (χ0) is 17.4. The first-order chi connectivity index (χ1) is 12.0. The fraction of sp³-hybridized carbons (Fsp3) is 0.444. The number of hydrogen-bond donors (Lipinski definition) is 1. The number of fused-ring (bicyclic) bond motifs is 1. The summed E-state index contributed by atoms with van der Waals surface area (Å²) >= 11 is 0. The van der Waals surface area contributed by atoms with Crippen molar-refractivity contribution in [1.82, 2.24) is 9.78 Å². The number of amides is 1. The monoisotopic (exact) mass is 359 g/mol. The van der Waals surface area contributed by atoms with Gasteiger partial charge in [0.2, 0.25) is 0 Å². The van der Waals surface area contributed by atoms with Crippen LogP contribution in [0, 0.1) is 0 Å². The van der Waals surface area contributed by atoms with E-state index >= 15 is 0 Å². The maximum atomic E-state index is 12.7. The number of carbonyl (C=O) groups excluding carboxylic acids is 1. The third-order valence-electron chi connectivity index (χ3n) is 5.01. The van der Waals surface area contributed by atoms with E-state index in [2.05, 4.69) is 10.4 Å². The molecule has 1 saturated heterocycles. The van der Waals surface area contributed by atoms with E-state index in [9.17, 15) is 13.2 Å². The van der Waals surface area contributed by atoms with E-state index in [0.29, 0.717) is 12.1 Å². The standard InChI is InChI=1S/C18H21N3O3S/c22-18(19-13-6-2-1-3-7-13)17-15-8-4-5-9-16(15)21(20-17)14-10-11-25(23,24)12-14/h1-3,6-7,14H,4-5,8-12H2,(H,19,22)/t14-/m1/s1. The van der Waals surface area contributed by atoms with Crippen LogP contribution in [0.4, 0.5) is 5.69 Å². The predicted octanol–water partition coefficient (Wildman–Crippen LogP) is 2.37. The van der Waals surface area contributed by atoms with Crippen molar-refractivity contribution in [2.75, 3.05) is 16.8 Å². The van der Waals surface area contributed by atoms with Crippen molar-refractivity contribution < 1.29 is 13.2 Å². The summed E-state index contributed by atoms with van der Waals surface area (Å²) < 4.78 is 25.5. The Kier molecular flexibility index (Phi) is 4.11. The minimum atomic E-state index is -2.99. The molecule has 7 heteroatoms. The summed E-state index contributed by atoms with van der Waals surface area (Å²) in [6, 6.07) is 9.16. The van der Waals surface area contributed by atoms with Crippen molar-refractivity contribution in [3.63, 3.8) is 0 Å². The third-order valence-corrected chi connectivity index (χ3v) is 6.76. The van der Waals surface area contributed by atoms with Crippen molar-refractivity contribution in [2.45, 2.75) is 38.1 Å². The number of hydrogen-bond acceptors (Lipinski definition) is 4.